The molecule has 0 bridgehead atoms. The van der Waals surface area contributed by atoms with Crippen molar-refractivity contribution in [2.45, 2.75) is 64.3 Å². The van der Waals surface area contributed by atoms with Gasteiger partial charge < -0.3 is 19.9 Å². The average Bonchev–Trinajstić information content (AvgIpc) is 3.31. The molecule has 0 spiro atoms. The molecular formula is C18H33N5O2. The number of carbonyl (C=O) groups is 1. The third-order valence-corrected chi connectivity index (χ3v) is 5.23. The Balaban J connectivity index is 1.46. The van der Waals surface area contributed by atoms with E-state index in [0.717, 1.165) is 31.6 Å². The maximum Gasteiger partial charge on any atom is 0.410 e. The molecule has 1 saturated carbocycles. The fraction of sp³-hybridized carbons (Fsp3) is 0.889. The van der Waals surface area contributed by atoms with Crippen LogP contribution in [0.1, 0.15) is 40.5 Å². The summed E-state index contributed by atoms with van der Waals surface area (Å²) in [4.78, 5) is 23.5. The number of hydrogen-bond donors (Lipinski definition) is 1. The van der Waals surface area contributed by atoms with Gasteiger partial charge in [0.1, 0.15) is 5.60 Å². The highest BCUT2D eigenvalue weighted by Crippen LogP contribution is 2.26. The molecule has 2 aliphatic heterocycles. The number of piperazine rings is 1. The van der Waals surface area contributed by atoms with E-state index in [2.05, 4.69) is 34.1 Å². The summed E-state index contributed by atoms with van der Waals surface area (Å²) < 4.78 is 5.50. The highest BCUT2D eigenvalue weighted by molar-refractivity contribution is 5.82. The lowest BCUT2D eigenvalue weighted by atomic mass is 10.2. The van der Waals surface area contributed by atoms with Gasteiger partial charge in [0.05, 0.1) is 12.6 Å². The quantitative estimate of drug-likeness (QED) is 0.828. The van der Waals surface area contributed by atoms with Gasteiger partial charge >= 0.3 is 6.09 Å². The number of rotatable bonds is 4. The summed E-state index contributed by atoms with van der Waals surface area (Å²) in [7, 11) is 2.21. The summed E-state index contributed by atoms with van der Waals surface area (Å²) in [6.45, 7) is 11.8. The van der Waals surface area contributed by atoms with Crippen LogP contribution in [0, 0.1) is 0 Å². The van der Waals surface area contributed by atoms with Crippen molar-refractivity contribution in [1.82, 2.24) is 20.0 Å². The minimum absolute atomic E-state index is 0.215. The van der Waals surface area contributed by atoms with Crippen LogP contribution in [0.4, 0.5) is 4.79 Å². The fourth-order valence-corrected chi connectivity index (χ4v) is 3.45. The van der Waals surface area contributed by atoms with Crippen molar-refractivity contribution < 1.29 is 9.53 Å². The third kappa shape index (κ3) is 4.57. The van der Waals surface area contributed by atoms with Gasteiger partial charge in [-0.15, -0.1) is 0 Å². The lowest BCUT2D eigenvalue weighted by Crippen LogP contribution is -2.58. The lowest BCUT2D eigenvalue weighted by Gasteiger charge is -2.39. The van der Waals surface area contributed by atoms with Crippen LogP contribution in [0.3, 0.4) is 0 Å². The van der Waals surface area contributed by atoms with Gasteiger partial charge in [-0.05, 0) is 47.6 Å². The predicted octanol–water partition coefficient (Wildman–Crippen LogP) is 1.35. The van der Waals surface area contributed by atoms with Crippen molar-refractivity contribution in [2.24, 2.45) is 4.99 Å². The van der Waals surface area contributed by atoms with E-state index in [1.165, 1.54) is 12.8 Å². The number of amides is 1. The monoisotopic (exact) mass is 351 g/mol. The smallest absolute Gasteiger partial charge is 0.410 e. The van der Waals surface area contributed by atoms with Crippen molar-refractivity contribution in [3.63, 3.8) is 0 Å². The maximum absolute atomic E-state index is 12.3. The number of hydrogen-bond acceptors (Lipinski definition) is 6. The Hall–Kier alpha value is -1.50. The van der Waals surface area contributed by atoms with Crippen LogP contribution in [0.2, 0.25) is 0 Å². The van der Waals surface area contributed by atoms with Gasteiger partial charge in [-0.1, -0.05) is 0 Å². The van der Waals surface area contributed by atoms with E-state index < -0.39 is 5.60 Å². The molecule has 25 heavy (non-hydrogen) atoms. The number of carbonyl (C=O) groups excluding carboxylic acids is 1. The second kappa shape index (κ2) is 7.02. The van der Waals surface area contributed by atoms with Gasteiger partial charge in [-0.3, -0.25) is 9.89 Å². The van der Waals surface area contributed by atoms with Crippen molar-refractivity contribution in [3.05, 3.63) is 0 Å². The molecule has 1 amide bonds. The maximum atomic E-state index is 12.3. The van der Waals surface area contributed by atoms with Crippen molar-refractivity contribution >= 4 is 12.1 Å². The SMILES string of the molecule is CC(CNC1=NCC2CN(C(=O)OC(C)(C)C)CCN12)N(C)C1CC1. The highest BCUT2D eigenvalue weighted by atomic mass is 16.6. The molecule has 2 fully saturated rings. The second-order valence-electron chi connectivity index (χ2n) is 8.56. The predicted molar refractivity (Wildman–Crippen MR) is 98.9 cm³/mol. The highest BCUT2D eigenvalue weighted by Gasteiger charge is 2.36. The molecule has 0 aromatic heterocycles. The fourth-order valence-electron chi connectivity index (χ4n) is 3.45. The van der Waals surface area contributed by atoms with Crippen LogP contribution in [-0.4, -0.2) is 90.3 Å². The molecule has 1 saturated heterocycles. The Morgan fingerprint density at radius 1 is 1.40 bits per heavy atom. The van der Waals surface area contributed by atoms with Crippen LogP contribution in [0.25, 0.3) is 0 Å². The van der Waals surface area contributed by atoms with Gasteiger partial charge in [-0.2, -0.15) is 0 Å². The van der Waals surface area contributed by atoms with Crippen LogP contribution >= 0.6 is 0 Å². The van der Waals surface area contributed by atoms with Crippen LogP contribution in [0.5, 0.6) is 0 Å². The van der Waals surface area contributed by atoms with E-state index in [-0.39, 0.29) is 12.1 Å². The van der Waals surface area contributed by atoms with E-state index in [1.807, 2.05) is 25.7 Å². The number of guanidine groups is 1. The summed E-state index contributed by atoms with van der Waals surface area (Å²) in [5.41, 5.74) is -0.448. The minimum Gasteiger partial charge on any atom is -0.444 e. The number of ether oxygens (including phenoxy) is 1. The normalized spacial score (nSPS) is 24.9. The molecule has 7 nitrogen and oxygen atoms in total. The van der Waals surface area contributed by atoms with E-state index in [9.17, 15) is 4.79 Å². The first-order chi connectivity index (χ1) is 11.7. The number of aliphatic imine (C=N–C) groups is 1. The zero-order chi connectivity index (χ0) is 18.2. The Kier molecular flexibility index (Phi) is 5.14. The number of likely N-dealkylation sites (N-methyl/N-ethyl adjacent to an activating group) is 1. The molecule has 2 unspecified atom stereocenters. The number of fused-ring (bicyclic) bond motifs is 1. The molecule has 1 aliphatic carbocycles. The number of nitrogens with one attached hydrogen (secondary N) is 1. The molecule has 142 valence electrons. The summed E-state index contributed by atoms with van der Waals surface area (Å²) in [5, 5.41) is 3.53. The molecule has 7 heteroatoms. The molecule has 0 aromatic carbocycles. The number of nitrogens with zero attached hydrogens (tertiary/aromatic N) is 4. The Morgan fingerprint density at radius 3 is 2.76 bits per heavy atom. The van der Waals surface area contributed by atoms with Crippen molar-refractivity contribution in [3.8, 4) is 0 Å². The summed E-state index contributed by atoms with van der Waals surface area (Å²) in [5.74, 6) is 0.991. The summed E-state index contributed by atoms with van der Waals surface area (Å²) in [6.07, 6.45) is 2.45. The van der Waals surface area contributed by atoms with Crippen molar-refractivity contribution in [2.75, 3.05) is 39.8 Å². The Labute approximate surface area is 151 Å². The molecule has 3 rings (SSSR count). The lowest BCUT2D eigenvalue weighted by molar-refractivity contribution is 0.0137. The van der Waals surface area contributed by atoms with E-state index in [4.69, 9.17) is 4.74 Å². The third-order valence-electron chi connectivity index (χ3n) is 5.23. The van der Waals surface area contributed by atoms with Crippen LogP contribution in [0.15, 0.2) is 4.99 Å². The van der Waals surface area contributed by atoms with E-state index >= 15 is 0 Å². The molecule has 2 atom stereocenters. The summed E-state index contributed by atoms with van der Waals surface area (Å²) >= 11 is 0. The van der Waals surface area contributed by atoms with Crippen LogP contribution in [-0.2, 0) is 4.74 Å². The standard InChI is InChI=1S/C18H33N5O2/c1-13(21(5)14-6-7-14)10-19-16-20-11-15-12-22(8-9-23(15)16)17(24)25-18(2,3)4/h13-15H,6-12H2,1-5H3,(H,19,20). The van der Waals surface area contributed by atoms with E-state index in [1.54, 1.807) is 0 Å². The molecule has 2 heterocycles. The van der Waals surface area contributed by atoms with Gasteiger partial charge in [0.15, 0.2) is 5.96 Å². The first kappa shape index (κ1) is 18.3. The first-order valence-corrected chi connectivity index (χ1v) is 9.49. The van der Waals surface area contributed by atoms with Gasteiger partial charge in [0.25, 0.3) is 0 Å². The van der Waals surface area contributed by atoms with Gasteiger partial charge in [-0.25, -0.2) is 4.79 Å². The second-order valence-corrected chi connectivity index (χ2v) is 8.56. The molecule has 1 N–H and O–H groups in total. The topological polar surface area (TPSA) is 60.4 Å². The zero-order valence-electron chi connectivity index (χ0n) is 16.3. The molecule has 3 aliphatic rings. The van der Waals surface area contributed by atoms with E-state index in [0.29, 0.717) is 19.1 Å². The van der Waals surface area contributed by atoms with Crippen LogP contribution < -0.4 is 5.32 Å². The zero-order valence-corrected chi connectivity index (χ0v) is 16.3. The van der Waals surface area contributed by atoms with Gasteiger partial charge in [0, 0.05) is 38.3 Å². The molecule has 0 radical (unpaired) electrons. The largest absolute Gasteiger partial charge is 0.444 e. The van der Waals surface area contributed by atoms with Gasteiger partial charge in [0.2, 0.25) is 0 Å². The van der Waals surface area contributed by atoms with Crippen molar-refractivity contribution in [1.29, 1.82) is 0 Å². The minimum atomic E-state index is -0.448. The molecular weight excluding hydrogens is 318 g/mol. The Bertz CT molecular complexity index is 526. The summed E-state index contributed by atoms with van der Waals surface area (Å²) in [6, 6.07) is 1.53. The molecule has 0 aromatic rings. The Morgan fingerprint density at radius 2 is 2.12 bits per heavy atom. The first-order valence-electron chi connectivity index (χ1n) is 9.49. The average molecular weight is 351 g/mol.